The van der Waals surface area contributed by atoms with Crippen LogP contribution in [0.5, 0.6) is 0 Å². The van der Waals surface area contributed by atoms with Crippen LogP contribution >= 0.6 is 0 Å². The molecule has 8 aromatic carbocycles. The highest BCUT2D eigenvalue weighted by atomic mass is 19.4. The summed E-state index contributed by atoms with van der Waals surface area (Å²) in [7, 11) is 0. The first-order chi connectivity index (χ1) is 30.4. The highest BCUT2D eigenvalue weighted by Gasteiger charge is 2.36. The Hall–Kier alpha value is -8.53. The lowest BCUT2D eigenvalue weighted by atomic mass is 9.96. The second-order valence-electron chi connectivity index (χ2n) is 15.2. The third-order valence-corrected chi connectivity index (χ3v) is 12.0. The summed E-state index contributed by atoms with van der Waals surface area (Å²) in [5, 5.41) is 39.6. The molecule has 300 valence electrons. The van der Waals surface area contributed by atoms with Crippen molar-refractivity contribution in [3.63, 3.8) is 0 Å². The van der Waals surface area contributed by atoms with Gasteiger partial charge in [0.25, 0.3) is 0 Å². The second kappa shape index (κ2) is 13.2. The lowest BCUT2D eigenvalue weighted by Crippen LogP contribution is -2.15. The van der Waals surface area contributed by atoms with Crippen molar-refractivity contribution in [3.8, 4) is 35.3 Å². The van der Waals surface area contributed by atoms with Gasteiger partial charge in [-0.3, -0.25) is 0 Å². The SMILES string of the molecule is N#Cc1c(-n2c3ccccc3c3ccc(C(F)(F)F)cc32)c(C#N)c(-n2c3ccccc3c3ccc4ccccc4c32)c(C#N)c1-n1c2ccccc2c2ccc(C(F)(F)F)cc21. The topological polar surface area (TPSA) is 86.2 Å². The molecule has 0 saturated heterocycles. The predicted molar refractivity (Wildman–Crippen MR) is 231 cm³/mol. The summed E-state index contributed by atoms with van der Waals surface area (Å²) in [4.78, 5) is 0. The number of fused-ring (bicyclic) bond motifs is 11. The zero-order valence-corrected chi connectivity index (χ0v) is 32.3. The van der Waals surface area contributed by atoms with Gasteiger partial charge < -0.3 is 13.7 Å². The Morgan fingerprint density at radius 2 is 0.698 bits per heavy atom. The first-order valence-corrected chi connectivity index (χ1v) is 19.5. The molecule has 63 heavy (non-hydrogen) atoms. The van der Waals surface area contributed by atoms with Gasteiger partial charge in [-0.1, -0.05) is 103 Å². The van der Waals surface area contributed by atoms with Crippen LogP contribution in [-0.4, -0.2) is 13.7 Å². The van der Waals surface area contributed by atoms with Crippen molar-refractivity contribution in [2.45, 2.75) is 12.4 Å². The van der Waals surface area contributed by atoms with Gasteiger partial charge in [-0.05, 0) is 47.9 Å². The van der Waals surface area contributed by atoms with Gasteiger partial charge in [-0.2, -0.15) is 42.1 Å². The van der Waals surface area contributed by atoms with Crippen molar-refractivity contribution in [1.82, 2.24) is 13.7 Å². The molecule has 11 rings (SSSR count). The summed E-state index contributed by atoms with van der Waals surface area (Å²) < 4.78 is 92.2. The van der Waals surface area contributed by atoms with E-state index in [-0.39, 0.29) is 44.8 Å². The van der Waals surface area contributed by atoms with Gasteiger partial charge in [0.15, 0.2) is 0 Å². The smallest absolute Gasteiger partial charge is 0.306 e. The molecule has 0 bridgehead atoms. The van der Waals surface area contributed by atoms with E-state index in [2.05, 4.69) is 18.2 Å². The molecule has 0 amide bonds. The lowest BCUT2D eigenvalue weighted by molar-refractivity contribution is -0.138. The zero-order valence-electron chi connectivity index (χ0n) is 32.3. The molecule has 3 aromatic heterocycles. The van der Waals surface area contributed by atoms with Crippen molar-refractivity contribution >= 4 is 76.2 Å². The summed E-state index contributed by atoms with van der Waals surface area (Å²) >= 11 is 0. The number of aromatic nitrogens is 3. The molecule has 11 aromatic rings. The monoisotopic (exact) mass is 834 g/mol. The van der Waals surface area contributed by atoms with Crippen LogP contribution in [0, 0.1) is 34.0 Å². The number of halogens is 6. The molecule has 0 fully saturated rings. The fourth-order valence-corrected chi connectivity index (χ4v) is 9.44. The Kier molecular flexibility index (Phi) is 7.87. The quantitative estimate of drug-likeness (QED) is 0.166. The Bertz CT molecular complexity index is 3770. The molecule has 12 heteroatoms. The Balaban J connectivity index is 1.46. The van der Waals surface area contributed by atoms with Gasteiger partial charge in [0.1, 0.15) is 34.9 Å². The van der Waals surface area contributed by atoms with E-state index < -0.39 is 23.5 Å². The van der Waals surface area contributed by atoms with Gasteiger partial charge in [0.2, 0.25) is 0 Å². The van der Waals surface area contributed by atoms with Crippen LogP contribution in [0.1, 0.15) is 27.8 Å². The average molecular weight is 835 g/mol. The number of alkyl halides is 6. The third-order valence-electron chi connectivity index (χ3n) is 12.0. The number of para-hydroxylation sites is 3. The van der Waals surface area contributed by atoms with E-state index in [1.807, 2.05) is 54.6 Å². The Morgan fingerprint density at radius 1 is 0.349 bits per heavy atom. The van der Waals surface area contributed by atoms with Crippen LogP contribution < -0.4 is 0 Å². The van der Waals surface area contributed by atoms with Crippen LogP contribution in [0.3, 0.4) is 0 Å². The van der Waals surface area contributed by atoms with E-state index in [4.69, 9.17) is 0 Å². The Morgan fingerprint density at radius 3 is 1.14 bits per heavy atom. The molecule has 0 radical (unpaired) electrons. The largest absolute Gasteiger partial charge is 0.416 e. The molecule has 0 aliphatic carbocycles. The third kappa shape index (κ3) is 5.24. The van der Waals surface area contributed by atoms with Crippen molar-refractivity contribution in [2.75, 3.05) is 0 Å². The van der Waals surface area contributed by atoms with E-state index in [1.165, 1.54) is 21.3 Å². The Labute approximate surface area is 352 Å². The van der Waals surface area contributed by atoms with Crippen LogP contribution in [0.15, 0.2) is 146 Å². The predicted octanol–water partition coefficient (Wildman–Crippen LogP) is 13.8. The average Bonchev–Trinajstić information content (AvgIpc) is 3.92. The van der Waals surface area contributed by atoms with Gasteiger partial charge in [-0.25, -0.2) is 0 Å². The standard InChI is InChI=1S/C51H24F6N6/c52-50(53,54)29-18-21-35-32-11-3-6-14-41(32)61(44(35)23-29)47-38(25-58)48(62-42-15-7-4-12-33(42)36-22-19-30(24-45(36)62)51(55,56)57)40(27-60)49(39(47)26-59)63-43-16-8-5-13-34(43)37-20-17-28-9-1-2-10-31(28)46(37)63/h1-24H. The van der Waals surface area contributed by atoms with Crippen molar-refractivity contribution in [1.29, 1.82) is 15.8 Å². The normalized spacial score (nSPS) is 12.2. The molecule has 0 unspecified atom stereocenters. The van der Waals surface area contributed by atoms with E-state index in [0.717, 1.165) is 45.8 Å². The molecule has 0 spiro atoms. The number of nitrogens with zero attached hydrogens (tertiary/aromatic N) is 6. The van der Waals surface area contributed by atoms with Crippen LogP contribution in [0.25, 0.3) is 93.3 Å². The lowest BCUT2D eigenvalue weighted by Gasteiger charge is -2.23. The number of hydrogen-bond acceptors (Lipinski definition) is 3. The highest BCUT2D eigenvalue weighted by molar-refractivity contribution is 6.19. The summed E-state index contributed by atoms with van der Waals surface area (Å²) in [6.45, 7) is 0. The summed E-state index contributed by atoms with van der Waals surface area (Å²) in [5.74, 6) is 0. The molecule has 0 saturated carbocycles. The van der Waals surface area contributed by atoms with E-state index in [0.29, 0.717) is 43.6 Å². The second-order valence-corrected chi connectivity index (χ2v) is 15.2. The number of benzene rings is 8. The molecule has 3 heterocycles. The van der Waals surface area contributed by atoms with E-state index in [1.54, 1.807) is 59.2 Å². The van der Waals surface area contributed by atoms with Crippen molar-refractivity contribution < 1.29 is 26.3 Å². The zero-order chi connectivity index (χ0) is 43.5. The van der Waals surface area contributed by atoms with Crippen LogP contribution in [0.2, 0.25) is 0 Å². The minimum absolute atomic E-state index is 0.00915. The minimum atomic E-state index is -4.78. The van der Waals surface area contributed by atoms with Gasteiger partial charge in [0, 0.05) is 37.7 Å². The highest BCUT2D eigenvalue weighted by Crippen LogP contribution is 2.47. The number of nitriles is 3. The van der Waals surface area contributed by atoms with Crippen LogP contribution in [0.4, 0.5) is 26.3 Å². The maximum atomic E-state index is 14.6. The van der Waals surface area contributed by atoms with Gasteiger partial charge in [0.05, 0.1) is 61.3 Å². The van der Waals surface area contributed by atoms with Gasteiger partial charge in [-0.15, -0.1) is 0 Å². The molecule has 0 N–H and O–H groups in total. The van der Waals surface area contributed by atoms with Crippen molar-refractivity contribution in [2.24, 2.45) is 0 Å². The first kappa shape index (κ1) is 37.5. The summed E-state index contributed by atoms with van der Waals surface area (Å²) in [6.07, 6.45) is -9.56. The number of rotatable bonds is 3. The fraction of sp³-hybridized carbons (Fsp3) is 0.0392. The summed E-state index contributed by atoms with van der Waals surface area (Å²) in [6, 6.07) is 45.6. The molecule has 0 aliphatic rings. The van der Waals surface area contributed by atoms with Crippen LogP contribution in [-0.2, 0) is 12.4 Å². The molecular formula is C51H24F6N6. The maximum absolute atomic E-state index is 14.6. The van der Waals surface area contributed by atoms with E-state index >= 15 is 0 Å². The first-order valence-electron chi connectivity index (χ1n) is 19.5. The van der Waals surface area contributed by atoms with Gasteiger partial charge >= 0.3 is 12.4 Å². The summed E-state index contributed by atoms with van der Waals surface area (Å²) in [5.41, 5.74) is -1.21. The van der Waals surface area contributed by atoms with E-state index in [9.17, 15) is 42.1 Å². The maximum Gasteiger partial charge on any atom is 0.416 e. The molecular weight excluding hydrogens is 811 g/mol. The minimum Gasteiger partial charge on any atom is -0.306 e. The van der Waals surface area contributed by atoms with Crippen molar-refractivity contribution in [3.05, 3.63) is 173 Å². The molecule has 0 aliphatic heterocycles. The number of hydrogen-bond donors (Lipinski definition) is 0. The molecule has 6 nitrogen and oxygen atoms in total. The molecule has 0 atom stereocenters. The fourth-order valence-electron chi connectivity index (χ4n) is 9.44.